The second-order valence-electron chi connectivity index (χ2n) is 3.54. The molecular formula is C11H10FNS. The molecule has 0 N–H and O–H groups in total. The zero-order valence-corrected chi connectivity index (χ0v) is 8.70. The first-order valence-corrected chi connectivity index (χ1v) is 5.69. The average molecular weight is 207 g/mol. The summed E-state index contributed by atoms with van der Waals surface area (Å²) in [5, 5.41) is 8.95. The van der Waals surface area contributed by atoms with E-state index in [2.05, 4.69) is 6.07 Å². The minimum absolute atomic E-state index is 0.212. The zero-order chi connectivity index (χ0) is 10.2. The number of thioether (sulfide) groups is 1. The lowest BCUT2D eigenvalue weighted by atomic mass is 9.98. The molecule has 0 amide bonds. The molecule has 0 spiro atoms. The van der Waals surface area contributed by atoms with Crippen LogP contribution in [0.15, 0.2) is 23.1 Å². The molecule has 0 unspecified atom stereocenters. The first-order chi connectivity index (χ1) is 6.72. The summed E-state index contributed by atoms with van der Waals surface area (Å²) in [4.78, 5) is 0.641. The van der Waals surface area contributed by atoms with Crippen LogP contribution in [0.5, 0.6) is 0 Å². The summed E-state index contributed by atoms with van der Waals surface area (Å²) in [5.74, 6) is -0.212. The normalized spacial score (nSPS) is 17.5. The molecule has 1 aromatic carbocycles. The van der Waals surface area contributed by atoms with Crippen molar-refractivity contribution < 1.29 is 4.39 Å². The van der Waals surface area contributed by atoms with E-state index in [1.54, 1.807) is 6.07 Å². The van der Waals surface area contributed by atoms with E-state index in [4.69, 9.17) is 5.26 Å². The third kappa shape index (κ3) is 1.40. The second-order valence-corrected chi connectivity index (χ2v) is 4.39. The van der Waals surface area contributed by atoms with Crippen molar-refractivity contribution in [1.29, 1.82) is 5.26 Å². The molecule has 1 saturated carbocycles. The summed E-state index contributed by atoms with van der Waals surface area (Å²) in [5.41, 5.74) is 0.452. The number of hydrogen-bond donors (Lipinski definition) is 0. The van der Waals surface area contributed by atoms with Gasteiger partial charge in [-0.3, -0.25) is 0 Å². The van der Waals surface area contributed by atoms with E-state index >= 15 is 0 Å². The molecule has 1 aliphatic rings. The molecular weight excluding hydrogens is 197 g/mol. The topological polar surface area (TPSA) is 23.8 Å². The molecule has 1 fully saturated rings. The Bertz CT molecular complexity index is 404. The summed E-state index contributed by atoms with van der Waals surface area (Å²) in [7, 11) is 0. The maximum Gasteiger partial charge on any atom is 0.137 e. The van der Waals surface area contributed by atoms with Gasteiger partial charge < -0.3 is 0 Å². The van der Waals surface area contributed by atoms with Crippen molar-refractivity contribution in [3.05, 3.63) is 29.6 Å². The van der Waals surface area contributed by atoms with Crippen LogP contribution >= 0.6 is 11.8 Å². The SMILES string of the molecule is CSc1ccc(C2(C#N)CC2)cc1F. The minimum Gasteiger partial charge on any atom is -0.206 e. The molecule has 0 heterocycles. The van der Waals surface area contributed by atoms with Crippen LogP contribution in [0.25, 0.3) is 0 Å². The van der Waals surface area contributed by atoms with Crippen molar-refractivity contribution in [3.63, 3.8) is 0 Å². The fourth-order valence-corrected chi connectivity index (χ4v) is 2.01. The summed E-state index contributed by atoms with van der Waals surface area (Å²) in [6.45, 7) is 0. The molecule has 72 valence electrons. The molecule has 3 heteroatoms. The molecule has 0 aliphatic heterocycles. The highest BCUT2D eigenvalue weighted by Crippen LogP contribution is 2.47. The Morgan fingerprint density at radius 2 is 2.21 bits per heavy atom. The predicted molar refractivity (Wildman–Crippen MR) is 54.7 cm³/mol. The van der Waals surface area contributed by atoms with E-state index in [9.17, 15) is 4.39 Å². The fraction of sp³-hybridized carbons (Fsp3) is 0.364. The Morgan fingerprint density at radius 1 is 1.50 bits per heavy atom. The van der Waals surface area contributed by atoms with Crippen LogP contribution in [0.3, 0.4) is 0 Å². The van der Waals surface area contributed by atoms with Crippen molar-refractivity contribution in [3.8, 4) is 6.07 Å². The highest BCUT2D eigenvalue weighted by Gasteiger charge is 2.45. The largest absolute Gasteiger partial charge is 0.206 e. The van der Waals surface area contributed by atoms with Gasteiger partial charge in [0.05, 0.1) is 11.5 Å². The third-order valence-electron chi connectivity index (χ3n) is 2.67. The third-order valence-corrected chi connectivity index (χ3v) is 3.44. The summed E-state index contributed by atoms with van der Waals surface area (Å²) >= 11 is 1.38. The standard InChI is InChI=1S/C11H10FNS/c1-14-10-3-2-8(6-9(10)12)11(7-13)4-5-11/h2-3,6H,4-5H2,1H3. The maximum atomic E-state index is 13.4. The Kier molecular flexibility index (Phi) is 2.24. The molecule has 1 aliphatic carbocycles. The van der Waals surface area contributed by atoms with Gasteiger partial charge in [-0.15, -0.1) is 11.8 Å². The monoisotopic (exact) mass is 207 g/mol. The van der Waals surface area contributed by atoms with Gasteiger partial charge >= 0.3 is 0 Å². The van der Waals surface area contributed by atoms with E-state index in [-0.39, 0.29) is 11.2 Å². The maximum absolute atomic E-state index is 13.4. The predicted octanol–water partition coefficient (Wildman–Crippen LogP) is 3.10. The van der Waals surface area contributed by atoms with E-state index in [1.165, 1.54) is 17.8 Å². The van der Waals surface area contributed by atoms with Crippen LogP contribution in [0, 0.1) is 17.1 Å². The Balaban J connectivity index is 2.39. The lowest BCUT2D eigenvalue weighted by Gasteiger charge is -2.07. The number of rotatable bonds is 2. The van der Waals surface area contributed by atoms with E-state index < -0.39 is 0 Å². The molecule has 0 radical (unpaired) electrons. The highest BCUT2D eigenvalue weighted by atomic mass is 32.2. The summed E-state index contributed by atoms with van der Waals surface area (Å²) in [6.07, 6.45) is 3.57. The van der Waals surface area contributed by atoms with Crippen LogP contribution in [-0.2, 0) is 5.41 Å². The number of benzene rings is 1. The zero-order valence-electron chi connectivity index (χ0n) is 7.88. The van der Waals surface area contributed by atoms with Crippen LogP contribution in [0.1, 0.15) is 18.4 Å². The van der Waals surface area contributed by atoms with Crippen molar-refractivity contribution in [1.82, 2.24) is 0 Å². The second kappa shape index (κ2) is 3.29. The number of nitrogens with zero attached hydrogens (tertiary/aromatic N) is 1. The van der Waals surface area contributed by atoms with Crippen molar-refractivity contribution in [2.24, 2.45) is 0 Å². The molecule has 0 saturated heterocycles. The van der Waals surface area contributed by atoms with Gasteiger partial charge in [-0.25, -0.2) is 4.39 Å². The smallest absolute Gasteiger partial charge is 0.137 e. The van der Waals surface area contributed by atoms with Gasteiger partial charge in [0.1, 0.15) is 5.82 Å². The van der Waals surface area contributed by atoms with Crippen molar-refractivity contribution in [2.45, 2.75) is 23.2 Å². The average Bonchev–Trinajstić information content (AvgIpc) is 2.98. The molecule has 0 aromatic heterocycles. The number of hydrogen-bond acceptors (Lipinski definition) is 2. The Labute approximate surface area is 86.9 Å². The number of halogens is 1. The Hall–Kier alpha value is -1.01. The molecule has 0 atom stereocenters. The van der Waals surface area contributed by atoms with Gasteiger partial charge in [-0.1, -0.05) is 6.07 Å². The van der Waals surface area contributed by atoms with Gasteiger partial charge in [-0.05, 0) is 36.8 Å². The fourth-order valence-electron chi connectivity index (χ4n) is 1.55. The molecule has 1 aromatic rings. The molecule has 0 bridgehead atoms. The first-order valence-electron chi connectivity index (χ1n) is 4.47. The Morgan fingerprint density at radius 3 is 2.64 bits per heavy atom. The van der Waals surface area contributed by atoms with Gasteiger partial charge in [0, 0.05) is 4.90 Å². The quantitative estimate of drug-likeness (QED) is 0.696. The van der Waals surface area contributed by atoms with Gasteiger partial charge in [-0.2, -0.15) is 5.26 Å². The minimum atomic E-state index is -0.377. The van der Waals surface area contributed by atoms with E-state index in [0.717, 1.165) is 18.4 Å². The van der Waals surface area contributed by atoms with Gasteiger partial charge in [0.25, 0.3) is 0 Å². The lowest BCUT2D eigenvalue weighted by molar-refractivity contribution is 0.598. The molecule has 2 rings (SSSR count). The molecule has 1 nitrogen and oxygen atoms in total. The lowest BCUT2D eigenvalue weighted by Crippen LogP contribution is -2.02. The van der Waals surface area contributed by atoms with Crippen LogP contribution in [-0.4, -0.2) is 6.26 Å². The van der Waals surface area contributed by atoms with Crippen molar-refractivity contribution >= 4 is 11.8 Å². The summed E-state index contributed by atoms with van der Waals surface area (Å²) in [6, 6.07) is 7.38. The molecule has 14 heavy (non-hydrogen) atoms. The van der Waals surface area contributed by atoms with Crippen LogP contribution in [0.4, 0.5) is 4.39 Å². The van der Waals surface area contributed by atoms with Crippen LogP contribution in [0.2, 0.25) is 0 Å². The van der Waals surface area contributed by atoms with Gasteiger partial charge in [0.15, 0.2) is 0 Å². The van der Waals surface area contributed by atoms with E-state index in [1.807, 2.05) is 12.3 Å². The number of nitriles is 1. The van der Waals surface area contributed by atoms with E-state index in [0.29, 0.717) is 4.90 Å². The first kappa shape index (κ1) is 9.54. The highest BCUT2D eigenvalue weighted by molar-refractivity contribution is 7.98. The van der Waals surface area contributed by atoms with Crippen molar-refractivity contribution in [2.75, 3.05) is 6.26 Å². The van der Waals surface area contributed by atoms with Crippen LogP contribution < -0.4 is 0 Å². The van der Waals surface area contributed by atoms with Gasteiger partial charge in [0.2, 0.25) is 0 Å². The summed E-state index contributed by atoms with van der Waals surface area (Å²) < 4.78 is 13.4.